The number of carbonyl (C=O) groups is 1. The summed E-state index contributed by atoms with van der Waals surface area (Å²) in [6, 6.07) is 0.806. The number of carbonyl (C=O) groups excluding carboxylic acids is 1. The highest BCUT2D eigenvalue weighted by molar-refractivity contribution is 5.74. The van der Waals surface area contributed by atoms with Gasteiger partial charge in [-0.3, -0.25) is 9.69 Å². The van der Waals surface area contributed by atoms with Crippen LogP contribution in [-0.2, 0) is 17.8 Å². The lowest BCUT2D eigenvalue weighted by Crippen LogP contribution is -2.47. The smallest absolute Gasteiger partial charge is 0.226 e. The molecule has 0 saturated carbocycles. The zero-order chi connectivity index (χ0) is 16.2. The molecule has 2 saturated heterocycles. The van der Waals surface area contributed by atoms with Crippen LogP contribution in [0.2, 0.25) is 0 Å². The van der Waals surface area contributed by atoms with E-state index in [-0.39, 0.29) is 5.91 Å². The monoisotopic (exact) mass is 320 g/mol. The molecule has 0 radical (unpaired) electrons. The van der Waals surface area contributed by atoms with Gasteiger partial charge in [0.1, 0.15) is 0 Å². The van der Waals surface area contributed by atoms with Gasteiger partial charge < -0.3 is 9.42 Å². The second-order valence-electron chi connectivity index (χ2n) is 6.81. The lowest BCUT2D eigenvalue weighted by Gasteiger charge is -2.34. The minimum absolute atomic E-state index is 0.209. The summed E-state index contributed by atoms with van der Waals surface area (Å²) >= 11 is 0. The Labute approximate surface area is 138 Å². The first-order chi connectivity index (χ1) is 11.2. The highest BCUT2D eigenvalue weighted by atomic mass is 16.5. The first kappa shape index (κ1) is 16.4. The van der Waals surface area contributed by atoms with Gasteiger partial charge >= 0.3 is 0 Å². The van der Waals surface area contributed by atoms with E-state index in [4.69, 9.17) is 4.52 Å². The van der Waals surface area contributed by atoms with Crippen LogP contribution >= 0.6 is 0 Å². The van der Waals surface area contributed by atoms with Crippen molar-refractivity contribution in [1.82, 2.24) is 19.9 Å². The first-order valence-electron chi connectivity index (χ1n) is 9.01. The molecule has 0 aliphatic carbocycles. The van der Waals surface area contributed by atoms with Crippen molar-refractivity contribution >= 4 is 5.91 Å². The normalized spacial score (nSPS) is 25.4. The van der Waals surface area contributed by atoms with Crippen LogP contribution in [0.1, 0.15) is 64.1 Å². The SMILES string of the molecule is CCCCc1nc(CN2CCC[C@H]2[C@@H]2CCCN2C(C)=O)no1. The van der Waals surface area contributed by atoms with Crippen molar-refractivity contribution in [2.45, 2.75) is 77.4 Å². The maximum absolute atomic E-state index is 11.8. The Bertz CT molecular complexity index is 530. The quantitative estimate of drug-likeness (QED) is 0.805. The average molecular weight is 320 g/mol. The van der Waals surface area contributed by atoms with E-state index in [9.17, 15) is 4.79 Å². The Morgan fingerprint density at radius 2 is 2.04 bits per heavy atom. The number of likely N-dealkylation sites (tertiary alicyclic amines) is 2. The molecule has 0 N–H and O–H groups in total. The number of amides is 1. The van der Waals surface area contributed by atoms with Crippen molar-refractivity contribution in [2.75, 3.05) is 13.1 Å². The van der Waals surface area contributed by atoms with Crippen LogP contribution in [0, 0.1) is 0 Å². The van der Waals surface area contributed by atoms with Gasteiger partial charge in [0, 0.05) is 32.0 Å². The van der Waals surface area contributed by atoms with Gasteiger partial charge in [-0.05, 0) is 38.6 Å². The number of unbranched alkanes of at least 4 members (excludes halogenated alkanes) is 1. The Balaban J connectivity index is 1.62. The van der Waals surface area contributed by atoms with Gasteiger partial charge in [0.2, 0.25) is 11.8 Å². The van der Waals surface area contributed by atoms with Crippen LogP contribution in [0.4, 0.5) is 0 Å². The molecule has 3 rings (SSSR count). The third-order valence-corrected chi connectivity index (χ3v) is 5.16. The number of rotatable bonds is 6. The molecule has 23 heavy (non-hydrogen) atoms. The van der Waals surface area contributed by atoms with E-state index >= 15 is 0 Å². The number of aryl methyl sites for hydroxylation is 1. The summed E-state index contributed by atoms with van der Waals surface area (Å²) in [5, 5.41) is 4.14. The molecule has 0 spiro atoms. The van der Waals surface area contributed by atoms with Crippen LogP contribution in [0.15, 0.2) is 4.52 Å². The molecule has 0 bridgehead atoms. The van der Waals surface area contributed by atoms with Crippen LogP contribution in [0.5, 0.6) is 0 Å². The zero-order valence-corrected chi connectivity index (χ0v) is 14.3. The molecular weight excluding hydrogens is 292 g/mol. The fourth-order valence-corrected chi connectivity index (χ4v) is 4.03. The highest BCUT2D eigenvalue weighted by Gasteiger charge is 2.39. The number of hydrogen-bond acceptors (Lipinski definition) is 5. The predicted octanol–water partition coefficient (Wildman–Crippen LogP) is 2.39. The van der Waals surface area contributed by atoms with Crippen LogP contribution < -0.4 is 0 Å². The minimum atomic E-state index is 0.209. The lowest BCUT2D eigenvalue weighted by atomic mass is 10.0. The van der Waals surface area contributed by atoms with Gasteiger partial charge in [0.25, 0.3) is 0 Å². The van der Waals surface area contributed by atoms with Gasteiger partial charge in [0.15, 0.2) is 5.82 Å². The Morgan fingerprint density at radius 1 is 1.26 bits per heavy atom. The van der Waals surface area contributed by atoms with Gasteiger partial charge in [-0.2, -0.15) is 4.98 Å². The van der Waals surface area contributed by atoms with Crippen LogP contribution in [0.25, 0.3) is 0 Å². The minimum Gasteiger partial charge on any atom is -0.339 e. The number of hydrogen-bond donors (Lipinski definition) is 0. The molecule has 128 valence electrons. The van der Waals surface area contributed by atoms with Gasteiger partial charge in [-0.25, -0.2) is 0 Å². The van der Waals surface area contributed by atoms with Gasteiger partial charge in [0.05, 0.1) is 6.54 Å². The second-order valence-corrected chi connectivity index (χ2v) is 6.81. The average Bonchev–Trinajstić information content (AvgIpc) is 3.25. The van der Waals surface area contributed by atoms with E-state index in [1.807, 2.05) is 0 Å². The molecule has 0 aromatic carbocycles. The van der Waals surface area contributed by atoms with Crippen LogP contribution in [0.3, 0.4) is 0 Å². The fraction of sp³-hybridized carbons (Fsp3) is 0.824. The van der Waals surface area contributed by atoms with Crippen LogP contribution in [-0.4, -0.2) is 51.0 Å². The topological polar surface area (TPSA) is 62.5 Å². The summed E-state index contributed by atoms with van der Waals surface area (Å²) in [4.78, 5) is 20.9. The molecule has 2 fully saturated rings. The highest BCUT2D eigenvalue weighted by Crippen LogP contribution is 2.30. The Hall–Kier alpha value is -1.43. The van der Waals surface area contributed by atoms with E-state index in [0.717, 1.165) is 69.9 Å². The summed E-state index contributed by atoms with van der Waals surface area (Å²) in [7, 11) is 0. The van der Waals surface area contributed by atoms with E-state index in [1.54, 1.807) is 6.92 Å². The molecular formula is C17H28N4O2. The second kappa shape index (κ2) is 7.43. The summed E-state index contributed by atoms with van der Waals surface area (Å²) in [6.45, 7) is 6.56. The van der Waals surface area contributed by atoms with E-state index in [0.29, 0.717) is 12.1 Å². The van der Waals surface area contributed by atoms with Gasteiger partial charge in [-0.1, -0.05) is 18.5 Å². The molecule has 0 unspecified atom stereocenters. The van der Waals surface area contributed by atoms with E-state index < -0.39 is 0 Å². The zero-order valence-electron chi connectivity index (χ0n) is 14.3. The van der Waals surface area contributed by atoms with Crippen molar-refractivity contribution in [3.05, 3.63) is 11.7 Å². The third kappa shape index (κ3) is 3.74. The molecule has 1 amide bonds. The van der Waals surface area contributed by atoms with Crippen molar-refractivity contribution in [3.8, 4) is 0 Å². The van der Waals surface area contributed by atoms with Crippen molar-refractivity contribution in [1.29, 1.82) is 0 Å². The van der Waals surface area contributed by atoms with E-state index in [2.05, 4.69) is 26.9 Å². The van der Waals surface area contributed by atoms with E-state index in [1.165, 1.54) is 6.42 Å². The summed E-state index contributed by atoms with van der Waals surface area (Å²) in [6.07, 6.45) is 7.68. The Morgan fingerprint density at radius 3 is 2.83 bits per heavy atom. The summed E-state index contributed by atoms with van der Waals surface area (Å²) in [5.74, 6) is 1.75. The largest absolute Gasteiger partial charge is 0.339 e. The van der Waals surface area contributed by atoms with Crippen molar-refractivity contribution in [2.24, 2.45) is 0 Å². The maximum atomic E-state index is 11.8. The van der Waals surface area contributed by atoms with Crippen molar-refractivity contribution in [3.63, 3.8) is 0 Å². The molecule has 3 heterocycles. The van der Waals surface area contributed by atoms with Gasteiger partial charge in [-0.15, -0.1) is 0 Å². The lowest BCUT2D eigenvalue weighted by molar-refractivity contribution is -0.130. The summed E-state index contributed by atoms with van der Waals surface area (Å²) in [5.41, 5.74) is 0. The third-order valence-electron chi connectivity index (χ3n) is 5.16. The molecule has 2 aliphatic rings. The van der Waals surface area contributed by atoms with Crippen molar-refractivity contribution < 1.29 is 9.32 Å². The molecule has 6 heteroatoms. The molecule has 1 aromatic rings. The molecule has 2 atom stereocenters. The Kier molecular flexibility index (Phi) is 5.30. The molecule has 6 nitrogen and oxygen atoms in total. The number of aromatic nitrogens is 2. The standard InChI is InChI=1S/C17H28N4O2/c1-3-4-9-17-18-16(19-23-17)12-20-10-5-7-14(20)15-8-6-11-21(15)13(2)22/h14-15H,3-12H2,1-2H3/t14-,15-/m0/s1. The predicted molar refractivity (Wildman–Crippen MR) is 86.8 cm³/mol. The summed E-state index contributed by atoms with van der Waals surface area (Å²) < 4.78 is 5.34. The molecule has 1 aromatic heterocycles. The fourth-order valence-electron chi connectivity index (χ4n) is 4.03. The molecule has 2 aliphatic heterocycles. The first-order valence-corrected chi connectivity index (χ1v) is 9.01. The number of nitrogens with zero attached hydrogens (tertiary/aromatic N) is 4. The maximum Gasteiger partial charge on any atom is 0.226 e.